The molecule has 6 unspecified atom stereocenters. The van der Waals surface area contributed by atoms with Gasteiger partial charge in [0.15, 0.2) is 6.61 Å². The van der Waals surface area contributed by atoms with Crippen molar-refractivity contribution in [3.8, 4) is 17.2 Å². The fourth-order valence-electron chi connectivity index (χ4n) is 8.04. The molecule has 4 aliphatic rings. The van der Waals surface area contributed by atoms with Crippen molar-refractivity contribution in [1.82, 2.24) is 4.98 Å². The minimum Gasteiger partial charge on any atom is -0.508 e. The molecule has 2 saturated carbocycles. The van der Waals surface area contributed by atoms with Crippen LogP contribution in [-0.2, 0) is 14.4 Å². The summed E-state index contributed by atoms with van der Waals surface area (Å²) in [6, 6.07) is 20.8. The lowest BCUT2D eigenvalue weighted by atomic mass is 9.68. The Balaban J connectivity index is 1.05. The zero-order valence-electron chi connectivity index (χ0n) is 24.5. The van der Waals surface area contributed by atoms with Crippen LogP contribution in [0.15, 0.2) is 82.6 Å². The number of hydrogen-bond donors (Lipinski definition) is 3. The van der Waals surface area contributed by atoms with E-state index in [1.54, 1.807) is 55.3 Å². The van der Waals surface area contributed by atoms with Crippen LogP contribution in [0.3, 0.4) is 0 Å². The standard InChI is InChI=1S/C34H29N3O7S2/c1-43-20-12-6-18(7-13-20)37-32(40)27-22-14-23(28(27)33(37)41)29-26(22)25(30-31(45-29)36-34(42)46-30)16-2-10-21(11-3-16)44-15-24(39)35-17-4-8-19(38)9-5-17/h2-13,22-23,25-29,38H,14-15H2,1H3,(H,35,39)(H,36,42)/t22?,23?,25-,26?,27?,28?,29?/m1/s1. The van der Waals surface area contributed by atoms with Gasteiger partial charge in [-0.1, -0.05) is 23.5 Å². The summed E-state index contributed by atoms with van der Waals surface area (Å²) in [5, 5.41) is 13.1. The van der Waals surface area contributed by atoms with E-state index in [0.29, 0.717) is 22.9 Å². The second-order valence-corrected chi connectivity index (χ2v) is 14.3. The SMILES string of the molecule is COc1ccc(N2C(=O)C3C4CC(C3C2=O)C2C4Sc3[nH]c(=O)sc3[C@@H]2c2ccc(OCC(=O)Nc3ccc(O)cc3)cc2)cc1. The first-order valence-electron chi connectivity index (χ1n) is 15.0. The number of amides is 3. The van der Waals surface area contributed by atoms with E-state index >= 15 is 0 Å². The summed E-state index contributed by atoms with van der Waals surface area (Å²) >= 11 is 2.86. The highest BCUT2D eigenvalue weighted by Gasteiger charge is 2.69. The molecule has 12 heteroatoms. The molecule has 7 atom stereocenters. The smallest absolute Gasteiger partial charge is 0.305 e. The molecule has 2 bridgehead atoms. The Morgan fingerprint density at radius 3 is 2.30 bits per heavy atom. The number of thioether (sulfide) groups is 1. The second kappa shape index (κ2) is 11.1. The van der Waals surface area contributed by atoms with Gasteiger partial charge in [-0.25, -0.2) is 0 Å². The predicted octanol–water partition coefficient (Wildman–Crippen LogP) is 4.85. The van der Waals surface area contributed by atoms with Crippen molar-refractivity contribution in [3.05, 3.63) is 92.9 Å². The number of methoxy groups -OCH3 is 1. The van der Waals surface area contributed by atoms with Gasteiger partial charge in [-0.2, -0.15) is 0 Å². The van der Waals surface area contributed by atoms with Crippen LogP contribution in [0.2, 0.25) is 0 Å². The highest BCUT2D eigenvalue weighted by atomic mass is 32.2. The fourth-order valence-corrected chi connectivity index (χ4v) is 10.9. The Morgan fingerprint density at radius 2 is 1.61 bits per heavy atom. The van der Waals surface area contributed by atoms with Crippen molar-refractivity contribution >= 4 is 52.2 Å². The Kier molecular flexibility index (Phi) is 6.95. The number of phenolic OH excluding ortho intramolecular Hbond substituents is 1. The van der Waals surface area contributed by atoms with Gasteiger partial charge in [-0.15, -0.1) is 11.8 Å². The number of aromatic nitrogens is 1. The molecule has 0 spiro atoms. The van der Waals surface area contributed by atoms with E-state index in [-0.39, 0.29) is 69.8 Å². The van der Waals surface area contributed by atoms with Crippen molar-refractivity contribution in [3.63, 3.8) is 0 Å². The molecule has 46 heavy (non-hydrogen) atoms. The number of thiazole rings is 1. The van der Waals surface area contributed by atoms with Gasteiger partial charge in [0.1, 0.15) is 17.2 Å². The van der Waals surface area contributed by atoms with E-state index in [1.165, 1.54) is 28.4 Å². The van der Waals surface area contributed by atoms with Gasteiger partial charge in [0.25, 0.3) is 5.91 Å². The molecule has 3 heterocycles. The quantitative estimate of drug-likeness (QED) is 0.190. The highest BCUT2D eigenvalue weighted by Crippen LogP contribution is 2.68. The fraction of sp³-hybridized carbons (Fsp3) is 0.294. The van der Waals surface area contributed by atoms with Gasteiger partial charge >= 0.3 is 4.87 Å². The van der Waals surface area contributed by atoms with Gasteiger partial charge in [0.2, 0.25) is 11.8 Å². The summed E-state index contributed by atoms with van der Waals surface area (Å²) < 4.78 is 11.0. The normalized spacial score (nSPS) is 27.2. The number of fused-ring (bicyclic) bond motifs is 9. The number of nitrogens with one attached hydrogen (secondary N) is 2. The summed E-state index contributed by atoms with van der Waals surface area (Å²) in [6.45, 7) is -0.192. The van der Waals surface area contributed by atoms with Gasteiger partial charge in [0, 0.05) is 21.7 Å². The molecule has 0 radical (unpaired) electrons. The summed E-state index contributed by atoms with van der Waals surface area (Å²) in [4.78, 5) is 58.0. The maximum absolute atomic E-state index is 14.0. The highest BCUT2D eigenvalue weighted by molar-refractivity contribution is 8.00. The predicted molar refractivity (Wildman–Crippen MR) is 173 cm³/mol. The summed E-state index contributed by atoms with van der Waals surface area (Å²) in [6.07, 6.45) is 0.804. The van der Waals surface area contributed by atoms with Crippen LogP contribution in [0.4, 0.5) is 11.4 Å². The Hall–Kier alpha value is -4.55. The van der Waals surface area contributed by atoms with Gasteiger partial charge in [0.05, 0.1) is 29.7 Å². The first kappa shape index (κ1) is 28.9. The number of aromatic amines is 1. The zero-order chi connectivity index (χ0) is 31.7. The first-order valence-corrected chi connectivity index (χ1v) is 16.7. The molecule has 1 aromatic heterocycles. The lowest BCUT2D eigenvalue weighted by molar-refractivity contribution is -0.123. The molecule has 2 aliphatic carbocycles. The molecule has 4 aromatic rings. The van der Waals surface area contributed by atoms with Crippen molar-refractivity contribution in [2.75, 3.05) is 23.9 Å². The number of aromatic hydroxyl groups is 1. The van der Waals surface area contributed by atoms with Crippen LogP contribution < -0.4 is 24.6 Å². The molecule has 3 amide bonds. The molecular weight excluding hydrogens is 627 g/mol. The van der Waals surface area contributed by atoms with E-state index in [0.717, 1.165) is 21.9 Å². The van der Waals surface area contributed by atoms with Crippen molar-refractivity contribution in [2.45, 2.75) is 22.6 Å². The number of phenols is 1. The molecule has 234 valence electrons. The summed E-state index contributed by atoms with van der Waals surface area (Å²) in [5.74, 6) is -0.103. The number of nitrogens with zero attached hydrogens (tertiary/aromatic N) is 1. The number of benzene rings is 3. The van der Waals surface area contributed by atoms with Gasteiger partial charge in [-0.3, -0.25) is 24.1 Å². The van der Waals surface area contributed by atoms with Crippen LogP contribution in [-0.4, -0.2) is 46.8 Å². The third-order valence-corrected chi connectivity index (χ3v) is 12.4. The molecule has 3 N–H and O–H groups in total. The van der Waals surface area contributed by atoms with Crippen molar-refractivity contribution < 1.29 is 29.0 Å². The van der Waals surface area contributed by atoms with Crippen LogP contribution >= 0.6 is 23.1 Å². The molecule has 8 rings (SSSR count). The lowest BCUT2D eigenvalue weighted by Gasteiger charge is -2.43. The van der Waals surface area contributed by atoms with Crippen molar-refractivity contribution in [1.29, 1.82) is 0 Å². The van der Waals surface area contributed by atoms with E-state index in [2.05, 4.69) is 10.3 Å². The number of carbonyl (C=O) groups is 3. The zero-order valence-corrected chi connectivity index (χ0v) is 26.2. The summed E-state index contributed by atoms with van der Waals surface area (Å²) in [7, 11) is 1.57. The van der Waals surface area contributed by atoms with Crippen LogP contribution in [0.1, 0.15) is 22.8 Å². The van der Waals surface area contributed by atoms with Crippen LogP contribution in [0, 0.1) is 29.6 Å². The number of H-pyrrole nitrogens is 1. The number of rotatable bonds is 7. The monoisotopic (exact) mass is 655 g/mol. The molecule has 2 aliphatic heterocycles. The number of imide groups is 1. The van der Waals surface area contributed by atoms with Crippen LogP contribution in [0.25, 0.3) is 0 Å². The average Bonchev–Trinajstić information content (AvgIpc) is 3.80. The number of ether oxygens (including phenoxy) is 2. The van der Waals surface area contributed by atoms with E-state index < -0.39 is 5.92 Å². The molecule has 3 aromatic carbocycles. The van der Waals surface area contributed by atoms with E-state index in [4.69, 9.17) is 9.47 Å². The maximum atomic E-state index is 14.0. The van der Waals surface area contributed by atoms with E-state index in [1.807, 2.05) is 24.3 Å². The minimum atomic E-state index is -0.393. The molecule has 10 nitrogen and oxygen atoms in total. The summed E-state index contributed by atoms with van der Waals surface area (Å²) in [5.41, 5.74) is 2.11. The minimum absolute atomic E-state index is 0.00192. The topological polar surface area (TPSA) is 138 Å². The average molecular weight is 656 g/mol. The van der Waals surface area contributed by atoms with E-state index in [9.17, 15) is 24.3 Å². The van der Waals surface area contributed by atoms with Crippen molar-refractivity contribution in [2.24, 2.45) is 29.6 Å². The maximum Gasteiger partial charge on any atom is 0.305 e. The van der Waals surface area contributed by atoms with Gasteiger partial charge in [-0.05, 0) is 90.4 Å². The molecule has 3 fully saturated rings. The largest absolute Gasteiger partial charge is 0.508 e. The Morgan fingerprint density at radius 1 is 0.935 bits per heavy atom. The first-order chi connectivity index (χ1) is 22.3. The lowest BCUT2D eigenvalue weighted by Crippen LogP contribution is -2.42. The van der Waals surface area contributed by atoms with Gasteiger partial charge < -0.3 is 24.9 Å². The molecular formula is C34H29N3O7S2. The third kappa shape index (κ3) is 4.61. The van der Waals surface area contributed by atoms with Crippen LogP contribution in [0.5, 0.6) is 17.2 Å². The second-order valence-electron chi connectivity index (χ2n) is 12.1. The number of carbonyl (C=O) groups excluding carboxylic acids is 3. The Labute approximate surface area is 271 Å². The molecule has 1 saturated heterocycles. The number of anilines is 2. The Bertz CT molecular complexity index is 1900. The number of hydrogen-bond acceptors (Lipinski definition) is 9. The third-order valence-electron chi connectivity index (χ3n) is 9.81.